The Labute approximate surface area is 122 Å². The molecule has 1 aromatic carbocycles. The number of aromatic nitrogens is 1. The summed E-state index contributed by atoms with van der Waals surface area (Å²) in [6.07, 6.45) is 1.99. The molecule has 3 rings (SSSR count). The number of anilines is 1. The van der Waals surface area contributed by atoms with Crippen LogP contribution < -0.4 is 5.32 Å². The molecule has 5 heteroatoms. The van der Waals surface area contributed by atoms with Crippen LogP contribution in [0.2, 0.25) is 0 Å². The molecule has 0 atom stereocenters. The van der Waals surface area contributed by atoms with Crippen LogP contribution in [0.25, 0.3) is 11.1 Å². The van der Waals surface area contributed by atoms with Gasteiger partial charge in [-0.1, -0.05) is 12.1 Å². The minimum atomic E-state index is -0.436. The molecule has 0 saturated carbocycles. The smallest absolute Gasteiger partial charge is 0.356 e. The molecule has 1 N–H and O–H groups in total. The van der Waals surface area contributed by atoms with Gasteiger partial charge < -0.3 is 10.1 Å². The Bertz CT molecular complexity index is 725. The van der Waals surface area contributed by atoms with Crippen molar-refractivity contribution in [3.05, 3.63) is 47.8 Å². The zero-order chi connectivity index (χ0) is 14.8. The van der Waals surface area contributed by atoms with Crippen molar-refractivity contribution in [2.24, 2.45) is 0 Å². The molecule has 2 heterocycles. The Kier molecular flexibility index (Phi) is 3.39. The maximum absolute atomic E-state index is 11.7. The number of pyridine rings is 1. The zero-order valence-electron chi connectivity index (χ0n) is 11.6. The molecule has 1 amide bonds. The van der Waals surface area contributed by atoms with E-state index in [0.29, 0.717) is 13.0 Å². The number of rotatable bonds is 3. The van der Waals surface area contributed by atoms with Crippen molar-refractivity contribution in [1.82, 2.24) is 4.98 Å². The average Bonchev–Trinajstić information content (AvgIpc) is 2.86. The fourth-order valence-electron chi connectivity index (χ4n) is 2.32. The number of amides is 1. The number of nitrogens with one attached hydrogen (secondary N) is 1. The molecule has 0 radical (unpaired) electrons. The van der Waals surface area contributed by atoms with Crippen LogP contribution in [-0.4, -0.2) is 23.5 Å². The predicted octanol–water partition coefficient (Wildman–Crippen LogP) is 2.42. The third-order valence-electron chi connectivity index (χ3n) is 3.31. The quantitative estimate of drug-likeness (QED) is 0.878. The normalized spacial score (nSPS) is 12.7. The molecule has 0 unspecified atom stereocenters. The summed E-state index contributed by atoms with van der Waals surface area (Å²) in [5.74, 6) is -0.432. The van der Waals surface area contributed by atoms with Crippen LogP contribution in [0.5, 0.6) is 0 Å². The van der Waals surface area contributed by atoms with Gasteiger partial charge in [0, 0.05) is 11.9 Å². The summed E-state index contributed by atoms with van der Waals surface area (Å²) < 4.78 is 4.95. The number of fused-ring (bicyclic) bond motifs is 1. The van der Waals surface area contributed by atoms with Gasteiger partial charge in [-0.3, -0.25) is 4.79 Å². The lowest BCUT2D eigenvalue weighted by Crippen LogP contribution is -2.06. The molecule has 5 nitrogen and oxygen atoms in total. The molecule has 0 saturated heterocycles. The minimum Gasteiger partial charge on any atom is -0.461 e. The van der Waals surface area contributed by atoms with Gasteiger partial charge in [0.2, 0.25) is 5.91 Å². The summed E-state index contributed by atoms with van der Waals surface area (Å²) in [6.45, 7) is 2.07. The molecule has 1 aliphatic rings. The van der Waals surface area contributed by atoms with Crippen LogP contribution >= 0.6 is 0 Å². The van der Waals surface area contributed by atoms with E-state index in [-0.39, 0.29) is 11.6 Å². The summed E-state index contributed by atoms with van der Waals surface area (Å²) in [7, 11) is 0. The highest BCUT2D eigenvalue weighted by Gasteiger charge is 2.18. The summed E-state index contributed by atoms with van der Waals surface area (Å²) in [5, 5.41) is 2.82. The maximum atomic E-state index is 11.7. The van der Waals surface area contributed by atoms with Crippen LogP contribution in [0.4, 0.5) is 5.69 Å². The highest BCUT2D eigenvalue weighted by atomic mass is 16.5. The van der Waals surface area contributed by atoms with Crippen molar-refractivity contribution in [1.29, 1.82) is 0 Å². The second-order valence-corrected chi connectivity index (χ2v) is 4.75. The van der Waals surface area contributed by atoms with Gasteiger partial charge in [-0.2, -0.15) is 0 Å². The van der Waals surface area contributed by atoms with Gasteiger partial charge in [-0.05, 0) is 41.8 Å². The molecule has 1 aromatic heterocycles. The van der Waals surface area contributed by atoms with Crippen LogP contribution in [0, 0.1) is 0 Å². The van der Waals surface area contributed by atoms with E-state index in [4.69, 9.17) is 4.74 Å². The van der Waals surface area contributed by atoms with E-state index < -0.39 is 5.97 Å². The highest BCUT2D eigenvalue weighted by molar-refractivity contribution is 6.00. The van der Waals surface area contributed by atoms with E-state index in [9.17, 15) is 9.59 Å². The molecule has 0 bridgehead atoms. The Morgan fingerprint density at radius 1 is 1.29 bits per heavy atom. The van der Waals surface area contributed by atoms with Gasteiger partial charge in [-0.15, -0.1) is 0 Å². The Balaban J connectivity index is 1.94. The van der Waals surface area contributed by atoms with E-state index >= 15 is 0 Å². The summed E-state index contributed by atoms with van der Waals surface area (Å²) in [5.41, 5.74) is 3.87. The van der Waals surface area contributed by atoms with E-state index in [2.05, 4.69) is 10.3 Å². The standard InChI is InChI=1S/C16H14N2O3/c1-2-21-16(20)14-8-11(5-6-17-14)10-3-4-12-9-15(19)18-13(12)7-10/h3-8H,2,9H2,1H3,(H,18,19). The third-order valence-corrected chi connectivity index (χ3v) is 3.31. The molecular formula is C16H14N2O3. The third kappa shape index (κ3) is 2.63. The molecule has 0 spiro atoms. The summed E-state index contributed by atoms with van der Waals surface area (Å²) in [6, 6.07) is 9.28. The van der Waals surface area contributed by atoms with Crippen LogP contribution in [0.3, 0.4) is 0 Å². The van der Waals surface area contributed by atoms with Gasteiger partial charge in [0.05, 0.1) is 13.0 Å². The van der Waals surface area contributed by atoms with Crippen LogP contribution in [-0.2, 0) is 16.0 Å². The first kappa shape index (κ1) is 13.3. The molecule has 2 aromatic rings. The van der Waals surface area contributed by atoms with Crippen LogP contribution in [0.15, 0.2) is 36.5 Å². The van der Waals surface area contributed by atoms with Gasteiger partial charge in [-0.25, -0.2) is 9.78 Å². The van der Waals surface area contributed by atoms with E-state index in [0.717, 1.165) is 22.4 Å². The number of esters is 1. The number of carbonyl (C=O) groups excluding carboxylic acids is 2. The van der Waals surface area contributed by atoms with Crippen LogP contribution in [0.1, 0.15) is 23.0 Å². The number of hydrogen-bond acceptors (Lipinski definition) is 4. The lowest BCUT2D eigenvalue weighted by molar-refractivity contribution is -0.115. The first-order valence-corrected chi connectivity index (χ1v) is 6.73. The molecule has 21 heavy (non-hydrogen) atoms. The molecule has 0 fully saturated rings. The molecule has 106 valence electrons. The lowest BCUT2D eigenvalue weighted by atomic mass is 10.0. The Hall–Kier alpha value is -2.69. The van der Waals surface area contributed by atoms with E-state index in [1.807, 2.05) is 24.3 Å². The fourth-order valence-corrected chi connectivity index (χ4v) is 2.32. The van der Waals surface area contributed by atoms with E-state index in [1.165, 1.54) is 0 Å². The van der Waals surface area contributed by atoms with Crippen molar-refractivity contribution in [2.75, 3.05) is 11.9 Å². The zero-order valence-corrected chi connectivity index (χ0v) is 11.6. The monoisotopic (exact) mass is 282 g/mol. The first-order chi connectivity index (χ1) is 10.2. The van der Waals surface area contributed by atoms with Gasteiger partial charge in [0.25, 0.3) is 0 Å². The largest absolute Gasteiger partial charge is 0.461 e. The maximum Gasteiger partial charge on any atom is 0.356 e. The number of ether oxygens (including phenoxy) is 1. The molecule has 0 aliphatic carbocycles. The van der Waals surface area contributed by atoms with Crippen molar-refractivity contribution < 1.29 is 14.3 Å². The van der Waals surface area contributed by atoms with Crippen molar-refractivity contribution >= 4 is 17.6 Å². The first-order valence-electron chi connectivity index (χ1n) is 6.73. The number of nitrogens with zero attached hydrogens (tertiary/aromatic N) is 1. The fraction of sp³-hybridized carbons (Fsp3) is 0.188. The minimum absolute atomic E-state index is 0.00379. The average molecular weight is 282 g/mol. The second-order valence-electron chi connectivity index (χ2n) is 4.75. The number of carbonyl (C=O) groups is 2. The number of hydrogen-bond donors (Lipinski definition) is 1. The van der Waals surface area contributed by atoms with Crippen molar-refractivity contribution in [3.8, 4) is 11.1 Å². The Morgan fingerprint density at radius 3 is 2.90 bits per heavy atom. The summed E-state index contributed by atoms with van der Waals surface area (Å²) >= 11 is 0. The second kappa shape index (κ2) is 5.36. The van der Waals surface area contributed by atoms with Gasteiger partial charge in [0.15, 0.2) is 0 Å². The van der Waals surface area contributed by atoms with Crippen molar-refractivity contribution in [2.45, 2.75) is 13.3 Å². The molecular weight excluding hydrogens is 268 g/mol. The predicted molar refractivity (Wildman–Crippen MR) is 78.0 cm³/mol. The lowest BCUT2D eigenvalue weighted by Gasteiger charge is -2.06. The van der Waals surface area contributed by atoms with Gasteiger partial charge in [0.1, 0.15) is 5.69 Å². The SMILES string of the molecule is CCOC(=O)c1cc(-c2ccc3c(c2)NC(=O)C3)ccn1. The van der Waals surface area contributed by atoms with E-state index in [1.54, 1.807) is 19.2 Å². The highest BCUT2D eigenvalue weighted by Crippen LogP contribution is 2.29. The topological polar surface area (TPSA) is 68.3 Å². The molecule has 1 aliphatic heterocycles. The Morgan fingerprint density at radius 2 is 2.10 bits per heavy atom. The summed E-state index contributed by atoms with van der Waals surface area (Å²) in [4.78, 5) is 27.1. The van der Waals surface area contributed by atoms with Crippen molar-refractivity contribution in [3.63, 3.8) is 0 Å². The van der Waals surface area contributed by atoms with Gasteiger partial charge >= 0.3 is 5.97 Å². The number of benzene rings is 1.